The van der Waals surface area contributed by atoms with Crippen LogP contribution in [0.3, 0.4) is 0 Å². The number of ketones is 1. The lowest BCUT2D eigenvalue weighted by atomic mass is 10.0. The van der Waals surface area contributed by atoms with Gasteiger partial charge in [-0.25, -0.2) is 0 Å². The SMILES string of the molecule is CCc1ccncc1C(=O)CN. The van der Waals surface area contributed by atoms with Crippen LogP contribution in [0.2, 0.25) is 0 Å². The Labute approximate surface area is 71.6 Å². The summed E-state index contributed by atoms with van der Waals surface area (Å²) < 4.78 is 0. The molecule has 0 spiro atoms. The molecule has 1 aromatic rings. The summed E-state index contributed by atoms with van der Waals surface area (Å²) in [6.45, 7) is 2.06. The van der Waals surface area contributed by atoms with Gasteiger partial charge in [0.1, 0.15) is 0 Å². The minimum Gasteiger partial charge on any atom is -0.324 e. The van der Waals surface area contributed by atoms with Crippen LogP contribution >= 0.6 is 0 Å². The second-order valence-corrected chi connectivity index (χ2v) is 2.51. The van der Waals surface area contributed by atoms with Gasteiger partial charge in [-0.2, -0.15) is 0 Å². The van der Waals surface area contributed by atoms with Crippen molar-refractivity contribution in [3.8, 4) is 0 Å². The number of Topliss-reactive ketones (excluding diaryl/α,β-unsaturated/α-hetero) is 1. The Balaban J connectivity index is 3.04. The number of aryl methyl sites for hydroxylation is 1. The Morgan fingerprint density at radius 2 is 2.42 bits per heavy atom. The van der Waals surface area contributed by atoms with E-state index in [1.807, 2.05) is 13.0 Å². The van der Waals surface area contributed by atoms with E-state index in [0.717, 1.165) is 12.0 Å². The lowest BCUT2D eigenvalue weighted by Crippen LogP contribution is -2.15. The number of nitrogens with two attached hydrogens (primary N) is 1. The molecule has 0 aliphatic carbocycles. The van der Waals surface area contributed by atoms with E-state index in [2.05, 4.69) is 4.98 Å². The Kier molecular flexibility index (Phi) is 2.94. The quantitative estimate of drug-likeness (QED) is 0.672. The molecule has 0 fully saturated rings. The topological polar surface area (TPSA) is 56.0 Å². The number of carbonyl (C=O) groups is 1. The third kappa shape index (κ3) is 1.68. The molecule has 0 amide bonds. The smallest absolute Gasteiger partial charge is 0.178 e. The van der Waals surface area contributed by atoms with E-state index in [1.165, 1.54) is 0 Å². The normalized spacial score (nSPS) is 9.83. The molecule has 3 nitrogen and oxygen atoms in total. The van der Waals surface area contributed by atoms with Crippen molar-refractivity contribution in [1.29, 1.82) is 0 Å². The Morgan fingerprint density at radius 3 is 3.00 bits per heavy atom. The van der Waals surface area contributed by atoms with Crippen molar-refractivity contribution in [3.05, 3.63) is 29.6 Å². The summed E-state index contributed by atoms with van der Waals surface area (Å²) in [4.78, 5) is 15.1. The molecule has 3 heteroatoms. The Morgan fingerprint density at radius 1 is 1.67 bits per heavy atom. The van der Waals surface area contributed by atoms with Crippen molar-refractivity contribution in [2.75, 3.05) is 6.54 Å². The zero-order valence-corrected chi connectivity index (χ0v) is 7.08. The third-order valence-corrected chi connectivity index (χ3v) is 1.78. The molecule has 0 unspecified atom stereocenters. The zero-order valence-electron chi connectivity index (χ0n) is 7.08. The Hall–Kier alpha value is -1.22. The van der Waals surface area contributed by atoms with E-state index in [4.69, 9.17) is 5.73 Å². The van der Waals surface area contributed by atoms with Crippen LogP contribution in [0.5, 0.6) is 0 Å². The summed E-state index contributed by atoms with van der Waals surface area (Å²) in [5, 5.41) is 0. The molecular weight excluding hydrogens is 152 g/mol. The fourth-order valence-electron chi connectivity index (χ4n) is 1.09. The molecule has 0 radical (unpaired) electrons. The fourth-order valence-corrected chi connectivity index (χ4v) is 1.09. The van der Waals surface area contributed by atoms with Crippen molar-refractivity contribution in [2.24, 2.45) is 5.73 Å². The van der Waals surface area contributed by atoms with Crippen LogP contribution in [-0.4, -0.2) is 17.3 Å². The minimum absolute atomic E-state index is 0.0417. The van der Waals surface area contributed by atoms with Crippen molar-refractivity contribution >= 4 is 5.78 Å². The molecule has 1 aromatic heterocycles. The van der Waals surface area contributed by atoms with Crippen molar-refractivity contribution in [1.82, 2.24) is 4.98 Å². The van der Waals surface area contributed by atoms with Gasteiger partial charge >= 0.3 is 0 Å². The second-order valence-electron chi connectivity index (χ2n) is 2.51. The summed E-state index contributed by atoms with van der Waals surface area (Å²) in [6.07, 6.45) is 4.10. The van der Waals surface area contributed by atoms with Crippen LogP contribution in [0.25, 0.3) is 0 Å². The molecule has 0 aromatic carbocycles. The van der Waals surface area contributed by atoms with Crippen molar-refractivity contribution in [2.45, 2.75) is 13.3 Å². The van der Waals surface area contributed by atoms with E-state index in [1.54, 1.807) is 12.4 Å². The first-order valence-electron chi connectivity index (χ1n) is 3.95. The first-order valence-corrected chi connectivity index (χ1v) is 3.95. The van der Waals surface area contributed by atoms with Crippen molar-refractivity contribution < 1.29 is 4.79 Å². The molecule has 0 aliphatic rings. The van der Waals surface area contributed by atoms with Gasteiger partial charge in [0.25, 0.3) is 0 Å². The van der Waals surface area contributed by atoms with Crippen LogP contribution in [0.4, 0.5) is 0 Å². The van der Waals surface area contributed by atoms with Crippen LogP contribution in [0.1, 0.15) is 22.8 Å². The lowest BCUT2D eigenvalue weighted by Gasteiger charge is -2.02. The summed E-state index contributed by atoms with van der Waals surface area (Å²) in [5.74, 6) is -0.0417. The first kappa shape index (κ1) is 8.87. The highest BCUT2D eigenvalue weighted by Crippen LogP contribution is 2.07. The van der Waals surface area contributed by atoms with Gasteiger partial charge in [-0.05, 0) is 18.1 Å². The molecule has 0 aliphatic heterocycles. The fraction of sp³-hybridized carbons (Fsp3) is 0.333. The largest absolute Gasteiger partial charge is 0.324 e. The molecule has 0 bridgehead atoms. The average molecular weight is 164 g/mol. The molecule has 2 N–H and O–H groups in total. The summed E-state index contributed by atoms with van der Waals surface area (Å²) in [5.41, 5.74) is 6.92. The highest BCUT2D eigenvalue weighted by Gasteiger charge is 2.07. The van der Waals surface area contributed by atoms with Gasteiger partial charge in [0.2, 0.25) is 0 Å². The van der Waals surface area contributed by atoms with Gasteiger partial charge in [0, 0.05) is 18.0 Å². The molecule has 0 saturated heterocycles. The van der Waals surface area contributed by atoms with Gasteiger partial charge < -0.3 is 5.73 Å². The van der Waals surface area contributed by atoms with Gasteiger partial charge in [0.15, 0.2) is 5.78 Å². The molecule has 0 atom stereocenters. The maximum atomic E-state index is 11.2. The predicted octanol–water partition coefficient (Wildman–Crippen LogP) is 0.785. The highest BCUT2D eigenvalue weighted by molar-refractivity contribution is 5.98. The van der Waals surface area contributed by atoms with Crippen LogP contribution in [0.15, 0.2) is 18.5 Å². The van der Waals surface area contributed by atoms with Gasteiger partial charge in [-0.15, -0.1) is 0 Å². The van der Waals surface area contributed by atoms with Crippen LogP contribution < -0.4 is 5.73 Å². The standard InChI is InChI=1S/C9H12N2O/c1-2-7-3-4-11-6-8(7)9(12)5-10/h3-4,6H,2,5,10H2,1H3. The molecule has 0 saturated carbocycles. The van der Waals surface area contributed by atoms with E-state index < -0.39 is 0 Å². The first-order chi connectivity index (χ1) is 5.79. The lowest BCUT2D eigenvalue weighted by molar-refractivity contribution is 0.1000. The van der Waals surface area contributed by atoms with E-state index in [0.29, 0.717) is 5.56 Å². The van der Waals surface area contributed by atoms with E-state index in [-0.39, 0.29) is 12.3 Å². The second kappa shape index (κ2) is 3.97. The van der Waals surface area contributed by atoms with Crippen LogP contribution in [-0.2, 0) is 6.42 Å². The highest BCUT2D eigenvalue weighted by atomic mass is 16.1. The summed E-state index contributed by atoms with van der Waals surface area (Å²) >= 11 is 0. The van der Waals surface area contributed by atoms with Gasteiger partial charge in [-0.1, -0.05) is 6.92 Å². The number of hydrogen-bond donors (Lipinski definition) is 1. The predicted molar refractivity (Wildman–Crippen MR) is 47.0 cm³/mol. The summed E-state index contributed by atoms with van der Waals surface area (Å²) in [7, 11) is 0. The molecule has 64 valence electrons. The summed E-state index contributed by atoms with van der Waals surface area (Å²) in [6, 6.07) is 1.85. The maximum absolute atomic E-state index is 11.2. The number of pyridine rings is 1. The van der Waals surface area contributed by atoms with E-state index >= 15 is 0 Å². The Bertz CT molecular complexity index is 284. The minimum atomic E-state index is -0.0417. The molecule has 1 rings (SSSR count). The zero-order chi connectivity index (χ0) is 8.97. The third-order valence-electron chi connectivity index (χ3n) is 1.78. The van der Waals surface area contributed by atoms with Crippen LogP contribution in [0, 0.1) is 0 Å². The number of rotatable bonds is 3. The van der Waals surface area contributed by atoms with E-state index in [9.17, 15) is 4.79 Å². The number of hydrogen-bond acceptors (Lipinski definition) is 3. The van der Waals surface area contributed by atoms with Crippen molar-refractivity contribution in [3.63, 3.8) is 0 Å². The van der Waals surface area contributed by atoms with Gasteiger partial charge in [-0.3, -0.25) is 9.78 Å². The maximum Gasteiger partial charge on any atom is 0.178 e. The number of aromatic nitrogens is 1. The molecular formula is C9H12N2O. The number of nitrogens with zero attached hydrogens (tertiary/aromatic N) is 1. The van der Waals surface area contributed by atoms with Gasteiger partial charge in [0.05, 0.1) is 6.54 Å². The molecule has 12 heavy (non-hydrogen) atoms. The average Bonchev–Trinajstić information content (AvgIpc) is 2.16. The molecule has 1 heterocycles. The number of carbonyl (C=O) groups excluding carboxylic acids is 1. The monoisotopic (exact) mass is 164 g/mol.